The van der Waals surface area contributed by atoms with Gasteiger partial charge in [-0.2, -0.15) is 0 Å². The molecule has 0 fully saturated rings. The molecule has 0 unspecified atom stereocenters. The van der Waals surface area contributed by atoms with E-state index in [2.05, 4.69) is 4.98 Å². The number of fused-ring (bicyclic) bond motifs is 1. The van der Waals surface area contributed by atoms with Gasteiger partial charge in [-0.05, 0) is 25.5 Å². The monoisotopic (exact) mass is 211 g/mol. The molecule has 2 aromatic rings. The van der Waals surface area contributed by atoms with E-state index >= 15 is 0 Å². The van der Waals surface area contributed by atoms with Gasteiger partial charge in [0.1, 0.15) is 5.82 Å². The largest absolute Gasteiger partial charge is 0.241 e. The van der Waals surface area contributed by atoms with Gasteiger partial charge in [0, 0.05) is 6.07 Å². The SMILES string of the molecule is CC.Cc1nc2cc(F)c(C)cc2s1. The zero-order chi connectivity index (χ0) is 10.7. The van der Waals surface area contributed by atoms with E-state index in [1.165, 1.54) is 6.07 Å². The average molecular weight is 211 g/mol. The van der Waals surface area contributed by atoms with Crippen LogP contribution < -0.4 is 0 Å². The lowest BCUT2D eigenvalue weighted by molar-refractivity contribution is 0.620. The molecule has 0 saturated carbocycles. The van der Waals surface area contributed by atoms with Gasteiger partial charge >= 0.3 is 0 Å². The first-order chi connectivity index (χ1) is 6.66. The number of halogens is 1. The van der Waals surface area contributed by atoms with Crippen molar-refractivity contribution in [3.05, 3.63) is 28.5 Å². The molecule has 0 spiro atoms. The van der Waals surface area contributed by atoms with Gasteiger partial charge in [-0.1, -0.05) is 13.8 Å². The fraction of sp³-hybridized carbons (Fsp3) is 0.364. The van der Waals surface area contributed by atoms with Crippen molar-refractivity contribution in [2.24, 2.45) is 0 Å². The third-order valence-corrected chi connectivity index (χ3v) is 2.71. The Hall–Kier alpha value is -0.960. The fourth-order valence-electron chi connectivity index (χ4n) is 1.17. The average Bonchev–Trinajstić information content (AvgIpc) is 2.49. The second-order valence-corrected chi connectivity index (χ2v) is 4.04. The standard InChI is InChI=1S/C9H8FNS.C2H6/c1-5-3-9-8(4-7(5)10)11-6(2)12-9;1-2/h3-4H,1-2H3;1-2H3. The lowest BCUT2D eigenvalue weighted by Gasteiger charge is -1.93. The second kappa shape index (κ2) is 4.51. The maximum Gasteiger partial charge on any atom is 0.128 e. The Balaban J connectivity index is 0.000000461. The predicted octanol–water partition coefficient (Wildman–Crippen LogP) is 4.08. The van der Waals surface area contributed by atoms with Crippen LogP contribution >= 0.6 is 11.3 Å². The summed E-state index contributed by atoms with van der Waals surface area (Å²) in [4.78, 5) is 4.19. The summed E-state index contributed by atoms with van der Waals surface area (Å²) in [6.45, 7) is 7.70. The quantitative estimate of drug-likeness (QED) is 0.640. The predicted molar refractivity (Wildman–Crippen MR) is 60.4 cm³/mol. The van der Waals surface area contributed by atoms with Crippen LogP contribution in [0.15, 0.2) is 12.1 Å². The van der Waals surface area contributed by atoms with Crippen molar-refractivity contribution in [2.75, 3.05) is 0 Å². The zero-order valence-electron chi connectivity index (χ0n) is 8.89. The molecule has 1 aromatic carbocycles. The zero-order valence-corrected chi connectivity index (χ0v) is 9.70. The lowest BCUT2D eigenvalue weighted by atomic mass is 10.2. The summed E-state index contributed by atoms with van der Waals surface area (Å²) in [7, 11) is 0. The molecular weight excluding hydrogens is 197 g/mol. The maximum atomic E-state index is 13.0. The minimum Gasteiger partial charge on any atom is -0.241 e. The number of hydrogen-bond donors (Lipinski definition) is 0. The highest BCUT2D eigenvalue weighted by Gasteiger charge is 2.03. The molecule has 3 heteroatoms. The molecular formula is C11H14FNS. The molecule has 2 rings (SSSR count). The summed E-state index contributed by atoms with van der Waals surface area (Å²) in [5.41, 5.74) is 1.45. The van der Waals surface area contributed by atoms with Gasteiger partial charge < -0.3 is 0 Å². The lowest BCUT2D eigenvalue weighted by Crippen LogP contribution is -1.80. The van der Waals surface area contributed by atoms with Gasteiger partial charge in [-0.25, -0.2) is 9.37 Å². The van der Waals surface area contributed by atoms with Crippen LogP contribution in [0.2, 0.25) is 0 Å². The molecule has 0 aliphatic rings. The molecule has 1 heterocycles. The minimum absolute atomic E-state index is 0.173. The summed E-state index contributed by atoms with van der Waals surface area (Å²) >= 11 is 1.60. The van der Waals surface area contributed by atoms with Crippen molar-refractivity contribution in [3.8, 4) is 0 Å². The van der Waals surface area contributed by atoms with E-state index in [1.807, 2.05) is 26.8 Å². The Morgan fingerprint density at radius 1 is 1.21 bits per heavy atom. The van der Waals surface area contributed by atoms with Crippen LogP contribution in [0.4, 0.5) is 4.39 Å². The molecule has 0 N–H and O–H groups in total. The summed E-state index contributed by atoms with van der Waals surface area (Å²) in [5.74, 6) is -0.173. The van der Waals surface area contributed by atoms with Crippen LogP contribution in [0.3, 0.4) is 0 Å². The molecule has 1 aromatic heterocycles. The van der Waals surface area contributed by atoms with Crippen molar-refractivity contribution >= 4 is 21.6 Å². The van der Waals surface area contributed by atoms with Gasteiger partial charge in [-0.3, -0.25) is 0 Å². The second-order valence-electron chi connectivity index (χ2n) is 2.80. The van der Waals surface area contributed by atoms with E-state index in [9.17, 15) is 4.39 Å². The number of benzene rings is 1. The maximum absolute atomic E-state index is 13.0. The smallest absolute Gasteiger partial charge is 0.128 e. The van der Waals surface area contributed by atoms with Crippen molar-refractivity contribution in [1.29, 1.82) is 0 Å². The van der Waals surface area contributed by atoms with Crippen LogP contribution in [0.5, 0.6) is 0 Å². The fourth-order valence-corrected chi connectivity index (χ4v) is 2.07. The molecule has 0 bridgehead atoms. The van der Waals surface area contributed by atoms with Crippen LogP contribution in [0.1, 0.15) is 24.4 Å². The van der Waals surface area contributed by atoms with Gasteiger partial charge in [-0.15, -0.1) is 11.3 Å². The Bertz CT molecular complexity index is 395. The summed E-state index contributed by atoms with van der Waals surface area (Å²) in [6.07, 6.45) is 0. The number of hydrogen-bond acceptors (Lipinski definition) is 2. The number of nitrogens with zero attached hydrogens (tertiary/aromatic N) is 1. The number of aryl methyl sites for hydroxylation is 2. The Morgan fingerprint density at radius 2 is 1.86 bits per heavy atom. The molecule has 14 heavy (non-hydrogen) atoms. The highest BCUT2D eigenvalue weighted by Crippen LogP contribution is 2.23. The number of thiazole rings is 1. The Kier molecular flexibility index (Phi) is 3.58. The van der Waals surface area contributed by atoms with Crippen LogP contribution in [0, 0.1) is 19.7 Å². The van der Waals surface area contributed by atoms with Crippen LogP contribution in [0.25, 0.3) is 10.2 Å². The first kappa shape index (κ1) is 11.1. The first-order valence-electron chi connectivity index (χ1n) is 4.70. The topological polar surface area (TPSA) is 12.9 Å². The normalized spacial score (nSPS) is 9.79. The Labute approximate surface area is 87.6 Å². The molecule has 76 valence electrons. The Morgan fingerprint density at radius 3 is 2.50 bits per heavy atom. The van der Waals surface area contributed by atoms with Crippen molar-refractivity contribution < 1.29 is 4.39 Å². The third-order valence-electron chi connectivity index (χ3n) is 1.78. The van der Waals surface area contributed by atoms with E-state index in [4.69, 9.17) is 0 Å². The summed E-state index contributed by atoms with van der Waals surface area (Å²) < 4.78 is 14.1. The first-order valence-corrected chi connectivity index (χ1v) is 5.52. The van der Waals surface area contributed by atoms with E-state index in [0.29, 0.717) is 5.56 Å². The van der Waals surface area contributed by atoms with Crippen molar-refractivity contribution in [1.82, 2.24) is 4.98 Å². The molecule has 0 aliphatic carbocycles. The molecule has 0 amide bonds. The number of rotatable bonds is 0. The van der Waals surface area contributed by atoms with Gasteiger partial charge in [0.05, 0.1) is 15.2 Å². The van der Waals surface area contributed by atoms with Gasteiger partial charge in [0.25, 0.3) is 0 Å². The summed E-state index contributed by atoms with van der Waals surface area (Å²) in [6, 6.07) is 3.34. The third kappa shape index (κ3) is 2.10. The van der Waals surface area contributed by atoms with Gasteiger partial charge in [0.15, 0.2) is 0 Å². The van der Waals surface area contributed by atoms with E-state index in [-0.39, 0.29) is 5.82 Å². The molecule has 0 aliphatic heterocycles. The summed E-state index contributed by atoms with van der Waals surface area (Å²) in [5, 5.41) is 0.981. The highest BCUT2D eigenvalue weighted by atomic mass is 32.1. The van der Waals surface area contributed by atoms with E-state index < -0.39 is 0 Å². The molecule has 0 radical (unpaired) electrons. The molecule has 0 saturated heterocycles. The van der Waals surface area contributed by atoms with Crippen molar-refractivity contribution in [2.45, 2.75) is 27.7 Å². The van der Waals surface area contributed by atoms with E-state index in [1.54, 1.807) is 18.3 Å². The van der Waals surface area contributed by atoms with E-state index in [0.717, 1.165) is 15.2 Å². The highest BCUT2D eigenvalue weighted by molar-refractivity contribution is 7.18. The molecule has 1 nitrogen and oxygen atoms in total. The molecule has 0 atom stereocenters. The minimum atomic E-state index is -0.173. The van der Waals surface area contributed by atoms with Crippen molar-refractivity contribution in [3.63, 3.8) is 0 Å². The number of aromatic nitrogens is 1. The van der Waals surface area contributed by atoms with Crippen LogP contribution in [-0.2, 0) is 0 Å². The van der Waals surface area contributed by atoms with Gasteiger partial charge in [0.2, 0.25) is 0 Å². The van der Waals surface area contributed by atoms with Crippen LogP contribution in [-0.4, -0.2) is 4.98 Å².